The van der Waals surface area contributed by atoms with Gasteiger partial charge in [-0.3, -0.25) is 4.79 Å². The summed E-state index contributed by atoms with van der Waals surface area (Å²) in [4.78, 5) is 14.9. The number of carbonyl (C=O) groups is 1. The quantitative estimate of drug-likeness (QED) is 0.604. The van der Waals surface area contributed by atoms with E-state index in [1.807, 2.05) is 69.3 Å². The van der Waals surface area contributed by atoms with Crippen LogP contribution in [-0.4, -0.2) is 45.4 Å². The Hall–Kier alpha value is -2.37. The average molecular weight is 370 g/mol. The molecule has 5 nitrogen and oxygen atoms in total. The van der Waals surface area contributed by atoms with E-state index in [9.17, 15) is 4.79 Å². The molecule has 0 unspecified atom stereocenters. The topological polar surface area (TPSA) is 50.8 Å². The fraction of sp³-hybridized carbons (Fsp3) is 0.409. The first-order valence-corrected chi connectivity index (χ1v) is 9.53. The summed E-state index contributed by atoms with van der Waals surface area (Å²) in [6, 6.07) is 15.3. The second kappa shape index (κ2) is 11.4. The molecule has 0 spiro atoms. The molecule has 0 bridgehead atoms. The van der Waals surface area contributed by atoms with E-state index in [4.69, 9.17) is 9.47 Å². The lowest BCUT2D eigenvalue weighted by molar-refractivity contribution is 0.102. The zero-order chi connectivity index (χ0) is 19.5. The van der Waals surface area contributed by atoms with E-state index in [0.717, 1.165) is 30.0 Å². The van der Waals surface area contributed by atoms with Crippen LogP contribution in [0.25, 0.3) is 0 Å². The van der Waals surface area contributed by atoms with Gasteiger partial charge in [-0.05, 0) is 44.5 Å². The molecule has 2 aromatic rings. The maximum absolute atomic E-state index is 12.7. The molecule has 2 rings (SSSR count). The van der Waals surface area contributed by atoms with Gasteiger partial charge in [-0.2, -0.15) is 0 Å². The van der Waals surface area contributed by atoms with E-state index in [1.54, 1.807) is 0 Å². The van der Waals surface area contributed by atoms with Gasteiger partial charge in [-0.15, -0.1) is 0 Å². The molecule has 0 aliphatic heterocycles. The molecule has 0 aromatic heterocycles. The zero-order valence-corrected chi connectivity index (χ0v) is 16.5. The van der Waals surface area contributed by atoms with Crippen molar-refractivity contribution in [1.29, 1.82) is 0 Å². The third-order valence-electron chi connectivity index (χ3n) is 4.29. The van der Waals surface area contributed by atoms with Crippen LogP contribution in [0.5, 0.6) is 0 Å². The lowest BCUT2D eigenvalue weighted by Gasteiger charge is -2.28. The summed E-state index contributed by atoms with van der Waals surface area (Å²) in [5.41, 5.74) is 3.48. The van der Waals surface area contributed by atoms with Gasteiger partial charge < -0.3 is 19.7 Å². The fourth-order valence-corrected chi connectivity index (χ4v) is 2.84. The van der Waals surface area contributed by atoms with Crippen molar-refractivity contribution in [2.75, 3.05) is 49.7 Å². The Bertz CT molecular complexity index is 694. The smallest absolute Gasteiger partial charge is 0.255 e. The molecular weight excluding hydrogens is 340 g/mol. The standard InChI is InChI=1S/C22H30N2O3/c1-4-26-16-14-24(15-17-27-5-2)20-13-9-10-18(3)21(20)23-22(25)19-11-7-6-8-12-19/h6-13H,4-5,14-17H2,1-3H3,(H,23,25). The maximum atomic E-state index is 12.7. The first-order chi connectivity index (χ1) is 13.2. The molecule has 0 fully saturated rings. The lowest BCUT2D eigenvalue weighted by atomic mass is 10.1. The van der Waals surface area contributed by atoms with Gasteiger partial charge in [0, 0.05) is 31.9 Å². The number of carbonyl (C=O) groups excluding carboxylic acids is 1. The van der Waals surface area contributed by atoms with Gasteiger partial charge in [0.2, 0.25) is 0 Å². The summed E-state index contributed by atoms with van der Waals surface area (Å²) in [6.45, 7) is 10.1. The van der Waals surface area contributed by atoms with Crippen molar-refractivity contribution in [2.24, 2.45) is 0 Å². The van der Waals surface area contributed by atoms with Crippen LogP contribution in [0.4, 0.5) is 11.4 Å². The van der Waals surface area contributed by atoms with Gasteiger partial charge in [0.15, 0.2) is 0 Å². The Morgan fingerprint density at radius 2 is 1.56 bits per heavy atom. The van der Waals surface area contributed by atoms with E-state index in [2.05, 4.69) is 10.2 Å². The van der Waals surface area contributed by atoms with Gasteiger partial charge in [0.05, 0.1) is 24.6 Å². The van der Waals surface area contributed by atoms with Gasteiger partial charge >= 0.3 is 0 Å². The monoisotopic (exact) mass is 370 g/mol. The summed E-state index contributed by atoms with van der Waals surface area (Å²) in [5.74, 6) is -0.110. The minimum Gasteiger partial charge on any atom is -0.380 e. The number of hydrogen-bond acceptors (Lipinski definition) is 4. The van der Waals surface area contributed by atoms with Crippen molar-refractivity contribution in [3.63, 3.8) is 0 Å². The minimum absolute atomic E-state index is 0.110. The number of ether oxygens (including phenoxy) is 2. The Labute approximate surface area is 162 Å². The number of anilines is 2. The van der Waals surface area contributed by atoms with Crippen molar-refractivity contribution in [1.82, 2.24) is 0 Å². The number of amides is 1. The molecule has 5 heteroatoms. The van der Waals surface area contributed by atoms with Crippen LogP contribution in [0, 0.1) is 6.92 Å². The first-order valence-electron chi connectivity index (χ1n) is 9.53. The van der Waals surface area contributed by atoms with Gasteiger partial charge in [-0.1, -0.05) is 30.3 Å². The second-order valence-electron chi connectivity index (χ2n) is 6.17. The highest BCUT2D eigenvalue weighted by Crippen LogP contribution is 2.30. The van der Waals surface area contributed by atoms with Crippen LogP contribution < -0.4 is 10.2 Å². The average Bonchev–Trinajstić information content (AvgIpc) is 2.69. The van der Waals surface area contributed by atoms with Crippen molar-refractivity contribution >= 4 is 17.3 Å². The lowest BCUT2D eigenvalue weighted by Crippen LogP contribution is -2.32. The van der Waals surface area contributed by atoms with E-state index < -0.39 is 0 Å². The summed E-state index contributed by atoms with van der Waals surface area (Å²) in [6.07, 6.45) is 0. The summed E-state index contributed by atoms with van der Waals surface area (Å²) >= 11 is 0. The molecule has 0 aliphatic rings. The van der Waals surface area contributed by atoms with Gasteiger partial charge in [0.1, 0.15) is 0 Å². The van der Waals surface area contributed by atoms with E-state index in [1.165, 1.54) is 0 Å². The molecule has 0 saturated carbocycles. The highest BCUT2D eigenvalue weighted by molar-refractivity contribution is 6.06. The van der Waals surface area contributed by atoms with Crippen LogP contribution in [-0.2, 0) is 9.47 Å². The van der Waals surface area contributed by atoms with Crippen LogP contribution in [0.3, 0.4) is 0 Å². The maximum Gasteiger partial charge on any atom is 0.255 e. The van der Waals surface area contributed by atoms with Crippen LogP contribution in [0.1, 0.15) is 29.8 Å². The Morgan fingerprint density at radius 1 is 0.926 bits per heavy atom. The Balaban J connectivity index is 2.24. The van der Waals surface area contributed by atoms with Crippen molar-refractivity contribution in [3.8, 4) is 0 Å². The van der Waals surface area contributed by atoms with Crippen LogP contribution in [0.2, 0.25) is 0 Å². The predicted molar refractivity (Wildman–Crippen MR) is 111 cm³/mol. The Morgan fingerprint density at radius 3 is 2.15 bits per heavy atom. The zero-order valence-electron chi connectivity index (χ0n) is 16.5. The molecule has 0 heterocycles. The van der Waals surface area contributed by atoms with E-state index in [0.29, 0.717) is 32.0 Å². The van der Waals surface area contributed by atoms with Crippen molar-refractivity contribution in [3.05, 3.63) is 59.7 Å². The molecule has 0 atom stereocenters. The van der Waals surface area contributed by atoms with Gasteiger partial charge in [0.25, 0.3) is 5.91 Å². The summed E-state index contributed by atoms with van der Waals surface area (Å²) in [5, 5.41) is 3.09. The normalized spacial score (nSPS) is 10.6. The molecule has 2 aromatic carbocycles. The number of nitrogens with zero attached hydrogens (tertiary/aromatic N) is 1. The summed E-state index contributed by atoms with van der Waals surface area (Å²) < 4.78 is 11.1. The fourth-order valence-electron chi connectivity index (χ4n) is 2.84. The highest BCUT2D eigenvalue weighted by Gasteiger charge is 2.16. The molecule has 146 valence electrons. The van der Waals surface area contributed by atoms with Gasteiger partial charge in [-0.25, -0.2) is 0 Å². The third-order valence-corrected chi connectivity index (χ3v) is 4.29. The minimum atomic E-state index is -0.110. The number of benzene rings is 2. The largest absolute Gasteiger partial charge is 0.380 e. The number of rotatable bonds is 11. The highest BCUT2D eigenvalue weighted by atomic mass is 16.5. The van der Waals surface area contributed by atoms with E-state index >= 15 is 0 Å². The van der Waals surface area contributed by atoms with E-state index in [-0.39, 0.29) is 5.91 Å². The molecule has 0 saturated heterocycles. The number of aryl methyl sites for hydroxylation is 1. The number of hydrogen-bond donors (Lipinski definition) is 1. The molecule has 27 heavy (non-hydrogen) atoms. The molecule has 0 aliphatic carbocycles. The number of nitrogens with one attached hydrogen (secondary N) is 1. The third kappa shape index (κ3) is 6.38. The molecule has 0 radical (unpaired) electrons. The Kier molecular flexibility index (Phi) is 8.81. The molecular formula is C22H30N2O3. The molecule has 1 amide bonds. The predicted octanol–water partition coefficient (Wildman–Crippen LogP) is 4.13. The number of para-hydroxylation sites is 1. The molecule has 1 N–H and O–H groups in total. The van der Waals surface area contributed by atoms with Crippen LogP contribution >= 0.6 is 0 Å². The summed E-state index contributed by atoms with van der Waals surface area (Å²) in [7, 11) is 0. The SMILES string of the molecule is CCOCCN(CCOCC)c1cccc(C)c1NC(=O)c1ccccc1. The second-order valence-corrected chi connectivity index (χ2v) is 6.17. The van der Waals surface area contributed by atoms with Crippen molar-refractivity contribution in [2.45, 2.75) is 20.8 Å². The first kappa shape index (κ1) is 20.9. The van der Waals surface area contributed by atoms with Crippen LogP contribution in [0.15, 0.2) is 48.5 Å². The van der Waals surface area contributed by atoms with Crippen molar-refractivity contribution < 1.29 is 14.3 Å².